The molecular formula is C9H15FO3. The summed E-state index contributed by atoms with van der Waals surface area (Å²) in [5, 5.41) is 17.9. The largest absolute Gasteiger partial charge is 0.481 e. The SMILES string of the molecule is O=C(O)C1CCC([C@@H](O)CF)CC1. The van der Waals surface area contributed by atoms with Crippen molar-refractivity contribution in [3.8, 4) is 0 Å². The lowest BCUT2D eigenvalue weighted by Crippen LogP contribution is -2.29. The predicted octanol–water partition coefficient (Wildman–Crippen LogP) is 1.21. The van der Waals surface area contributed by atoms with Crippen molar-refractivity contribution in [2.45, 2.75) is 31.8 Å². The molecule has 1 fully saturated rings. The zero-order chi connectivity index (χ0) is 9.84. The Morgan fingerprint density at radius 2 is 1.92 bits per heavy atom. The van der Waals surface area contributed by atoms with Crippen LogP contribution in [0.4, 0.5) is 4.39 Å². The van der Waals surface area contributed by atoms with Gasteiger partial charge in [-0.3, -0.25) is 4.79 Å². The van der Waals surface area contributed by atoms with E-state index in [4.69, 9.17) is 5.11 Å². The second kappa shape index (κ2) is 4.56. The van der Waals surface area contributed by atoms with Crippen LogP contribution in [0.25, 0.3) is 0 Å². The van der Waals surface area contributed by atoms with Gasteiger partial charge in [0.05, 0.1) is 12.0 Å². The second-order valence-corrected chi connectivity index (χ2v) is 3.67. The number of hydrogen-bond acceptors (Lipinski definition) is 2. The van der Waals surface area contributed by atoms with Crippen LogP contribution in [0.15, 0.2) is 0 Å². The van der Waals surface area contributed by atoms with Crippen LogP contribution >= 0.6 is 0 Å². The molecular weight excluding hydrogens is 175 g/mol. The summed E-state index contributed by atoms with van der Waals surface area (Å²) in [5.74, 6) is -1.10. The molecule has 0 saturated heterocycles. The summed E-state index contributed by atoms with van der Waals surface area (Å²) >= 11 is 0. The first kappa shape index (κ1) is 10.4. The minimum Gasteiger partial charge on any atom is -0.481 e. The summed E-state index contributed by atoms with van der Waals surface area (Å²) in [6.07, 6.45) is 1.49. The van der Waals surface area contributed by atoms with Crippen LogP contribution in [0.1, 0.15) is 25.7 Å². The quantitative estimate of drug-likeness (QED) is 0.703. The molecule has 1 aliphatic rings. The van der Waals surface area contributed by atoms with Crippen molar-refractivity contribution < 1.29 is 19.4 Å². The minimum absolute atomic E-state index is 0.0411. The fraction of sp³-hybridized carbons (Fsp3) is 0.889. The number of aliphatic carboxylic acids is 1. The van der Waals surface area contributed by atoms with Gasteiger partial charge in [0.2, 0.25) is 0 Å². The van der Waals surface area contributed by atoms with Crippen LogP contribution in [0.3, 0.4) is 0 Å². The lowest BCUT2D eigenvalue weighted by molar-refractivity contribution is -0.143. The Hall–Kier alpha value is -0.640. The van der Waals surface area contributed by atoms with E-state index < -0.39 is 18.7 Å². The van der Waals surface area contributed by atoms with E-state index >= 15 is 0 Å². The molecule has 4 heteroatoms. The molecule has 0 bridgehead atoms. The molecule has 0 aliphatic heterocycles. The molecule has 0 aromatic rings. The first-order chi connectivity index (χ1) is 6.15. The number of hydrogen-bond donors (Lipinski definition) is 2. The van der Waals surface area contributed by atoms with Gasteiger partial charge in [-0.15, -0.1) is 0 Å². The van der Waals surface area contributed by atoms with E-state index in [0.717, 1.165) is 0 Å². The molecule has 0 amide bonds. The van der Waals surface area contributed by atoms with Crippen molar-refractivity contribution in [2.75, 3.05) is 6.67 Å². The van der Waals surface area contributed by atoms with Crippen LogP contribution in [0.5, 0.6) is 0 Å². The summed E-state index contributed by atoms with van der Waals surface area (Å²) in [6, 6.07) is 0. The highest BCUT2D eigenvalue weighted by molar-refractivity contribution is 5.69. The van der Waals surface area contributed by atoms with Crippen LogP contribution in [0, 0.1) is 11.8 Å². The standard InChI is InChI=1S/C9H15FO3/c10-5-8(11)6-1-3-7(4-2-6)9(12)13/h6-8,11H,1-5H2,(H,12,13)/t6?,7?,8-/m0/s1. The molecule has 2 N–H and O–H groups in total. The Morgan fingerprint density at radius 1 is 1.38 bits per heavy atom. The van der Waals surface area contributed by atoms with E-state index in [1.165, 1.54) is 0 Å². The van der Waals surface area contributed by atoms with Gasteiger partial charge >= 0.3 is 5.97 Å². The van der Waals surface area contributed by atoms with E-state index in [9.17, 15) is 14.3 Å². The molecule has 0 aromatic carbocycles. The minimum atomic E-state index is -0.894. The van der Waals surface area contributed by atoms with Crippen molar-refractivity contribution in [2.24, 2.45) is 11.8 Å². The van der Waals surface area contributed by atoms with Crippen molar-refractivity contribution >= 4 is 5.97 Å². The number of carbonyl (C=O) groups is 1. The van der Waals surface area contributed by atoms with Crippen LogP contribution < -0.4 is 0 Å². The number of aliphatic hydroxyl groups excluding tert-OH is 1. The third kappa shape index (κ3) is 2.66. The van der Waals surface area contributed by atoms with Crippen LogP contribution in [-0.2, 0) is 4.79 Å². The van der Waals surface area contributed by atoms with Gasteiger partial charge < -0.3 is 10.2 Å². The monoisotopic (exact) mass is 190 g/mol. The highest BCUT2D eigenvalue weighted by atomic mass is 19.1. The Morgan fingerprint density at radius 3 is 2.31 bits per heavy atom. The highest BCUT2D eigenvalue weighted by Crippen LogP contribution is 2.31. The third-order valence-corrected chi connectivity index (χ3v) is 2.82. The Bertz CT molecular complexity index is 176. The number of halogens is 1. The predicted molar refractivity (Wildman–Crippen MR) is 45.1 cm³/mol. The number of rotatable bonds is 3. The van der Waals surface area contributed by atoms with Gasteiger partial charge in [-0.25, -0.2) is 4.39 Å². The van der Waals surface area contributed by atoms with Gasteiger partial charge in [0.1, 0.15) is 6.67 Å². The molecule has 76 valence electrons. The molecule has 1 rings (SSSR count). The third-order valence-electron chi connectivity index (χ3n) is 2.82. The maximum Gasteiger partial charge on any atom is 0.306 e. The molecule has 0 radical (unpaired) electrons. The summed E-state index contributed by atoms with van der Waals surface area (Å²) in [4.78, 5) is 10.6. The lowest BCUT2D eigenvalue weighted by Gasteiger charge is -2.28. The Balaban J connectivity index is 2.34. The fourth-order valence-electron chi connectivity index (χ4n) is 1.88. The first-order valence-electron chi connectivity index (χ1n) is 4.62. The topological polar surface area (TPSA) is 57.5 Å². The molecule has 0 spiro atoms. The molecule has 13 heavy (non-hydrogen) atoms. The van der Waals surface area contributed by atoms with Gasteiger partial charge in [-0.05, 0) is 31.6 Å². The molecule has 1 atom stereocenters. The highest BCUT2D eigenvalue weighted by Gasteiger charge is 2.29. The van der Waals surface area contributed by atoms with Crippen LogP contribution in [-0.4, -0.2) is 29.0 Å². The van der Waals surface area contributed by atoms with Gasteiger partial charge in [0.15, 0.2) is 0 Å². The normalized spacial score (nSPS) is 31.2. The van der Waals surface area contributed by atoms with E-state index in [1.54, 1.807) is 0 Å². The molecule has 1 aliphatic carbocycles. The Labute approximate surface area is 76.6 Å². The summed E-state index contributed by atoms with van der Waals surface area (Å²) < 4.78 is 12.1. The number of aliphatic hydroxyl groups is 1. The molecule has 0 heterocycles. The number of carboxylic acid groups (broad SMARTS) is 1. The van der Waals surface area contributed by atoms with Crippen molar-refractivity contribution in [1.82, 2.24) is 0 Å². The average Bonchev–Trinajstić information content (AvgIpc) is 2.17. The lowest BCUT2D eigenvalue weighted by atomic mass is 9.80. The van der Waals surface area contributed by atoms with Crippen molar-refractivity contribution in [1.29, 1.82) is 0 Å². The summed E-state index contributed by atoms with van der Waals surface area (Å²) in [5.41, 5.74) is 0. The maximum atomic E-state index is 12.1. The molecule has 0 unspecified atom stereocenters. The molecule has 3 nitrogen and oxygen atoms in total. The van der Waals surface area contributed by atoms with Gasteiger partial charge in [-0.2, -0.15) is 0 Å². The van der Waals surface area contributed by atoms with E-state index in [0.29, 0.717) is 25.7 Å². The second-order valence-electron chi connectivity index (χ2n) is 3.67. The fourth-order valence-corrected chi connectivity index (χ4v) is 1.88. The molecule has 0 aromatic heterocycles. The maximum absolute atomic E-state index is 12.1. The van der Waals surface area contributed by atoms with E-state index in [-0.39, 0.29) is 11.8 Å². The van der Waals surface area contributed by atoms with Crippen molar-refractivity contribution in [3.05, 3.63) is 0 Å². The van der Waals surface area contributed by atoms with Gasteiger partial charge in [-0.1, -0.05) is 0 Å². The van der Waals surface area contributed by atoms with E-state index in [2.05, 4.69) is 0 Å². The van der Waals surface area contributed by atoms with Gasteiger partial charge in [0.25, 0.3) is 0 Å². The van der Waals surface area contributed by atoms with Crippen molar-refractivity contribution in [3.63, 3.8) is 0 Å². The smallest absolute Gasteiger partial charge is 0.306 e. The van der Waals surface area contributed by atoms with Crippen LogP contribution in [0.2, 0.25) is 0 Å². The van der Waals surface area contributed by atoms with Gasteiger partial charge in [0, 0.05) is 0 Å². The zero-order valence-electron chi connectivity index (χ0n) is 7.45. The number of carboxylic acids is 1. The van der Waals surface area contributed by atoms with E-state index in [1.807, 2.05) is 0 Å². The zero-order valence-corrected chi connectivity index (χ0v) is 7.45. The summed E-state index contributed by atoms with van der Waals surface area (Å²) in [7, 11) is 0. The Kier molecular flexibility index (Phi) is 3.66. The molecule has 1 saturated carbocycles. The average molecular weight is 190 g/mol. The first-order valence-corrected chi connectivity index (χ1v) is 4.62. The number of alkyl halides is 1. The summed E-state index contributed by atoms with van der Waals surface area (Å²) in [6.45, 7) is -0.720.